The second-order valence-electron chi connectivity index (χ2n) is 3.30. The van der Waals surface area contributed by atoms with Crippen LogP contribution in [0.15, 0.2) is 18.2 Å². The maximum atomic E-state index is 10.5. The molecule has 1 rings (SSSR count). The lowest BCUT2D eigenvalue weighted by Crippen LogP contribution is -2.12. The van der Waals surface area contributed by atoms with Gasteiger partial charge in [-0.3, -0.25) is 4.79 Å². The van der Waals surface area contributed by atoms with Crippen molar-refractivity contribution in [1.82, 2.24) is 0 Å². The number of nitriles is 1. The lowest BCUT2D eigenvalue weighted by atomic mass is 10.2. The van der Waals surface area contributed by atoms with E-state index >= 15 is 0 Å². The minimum atomic E-state index is -0.312. The van der Waals surface area contributed by atoms with Crippen LogP contribution >= 0.6 is 11.6 Å². The SMILES string of the molecule is N#Cc1ccc(NCCCC(N)=O)c(Cl)c1. The van der Waals surface area contributed by atoms with Gasteiger partial charge in [-0.05, 0) is 24.6 Å². The molecule has 3 N–H and O–H groups in total. The second kappa shape index (κ2) is 5.99. The van der Waals surface area contributed by atoms with E-state index in [1.807, 2.05) is 6.07 Å². The third-order valence-electron chi connectivity index (χ3n) is 2.01. The number of carbonyl (C=O) groups is 1. The number of halogens is 1. The third kappa shape index (κ3) is 3.79. The predicted molar refractivity (Wildman–Crippen MR) is 63.1 cm³/mol. The molecule has 0 aliphatic carbocycles. The summed E-state index contributed by atoms with van der Waals surface area (Å²) in [4.78, 5) is 10.5. The van der Waals surface area contributed by atoms with E-state index in [1.54, 1.807) is 18.2 Å². The molecule has 0 radical (unpaired) electrons. The Morgan fingerprint density at radius 1 is 1.56 bits per heavy atom. The van der Waals surface area contributed by atoms with E-state index in [0.29, 0.717) is 30.0 Å². The fraction of sp³-hybridized carbons (Fsp3) is 0.273. The van der Waals surface area contributed by atoms with Crippen LogP contribution in [0.2, 0.25) is 5.02 Å². The molecule has 0 aromatic heterocycles. The Morgan fingerprint density at radius 3 is 2.88 bits per heavy atom. The molecule has 0 unspecified atom stereocenters. The van der Waals surface area contributed by atoms with Crippen molar-refractivity contribution < 1.29 is 4.79 Å². The first kappa shape index (κ1) is 12.3. The van der Waals surface area contributed by atoms with E-state index in [9.17, 15) is 4.79 Å². The summed E-state index contributed by atoms with van der Waals surface area (Å²) in [6.45, 7) is 0.620. The van der Waals surface area contributed by atoms with Crippen LogP contribution in [0.5, 0.6) is 0 Å². The van der Waals surface area contributed by atoms with Gasteiger partial charge in [0.05, 0.1) is 22.3 Å². The van der Waals surface area contributed by atoms with Gasteiger partial charge in [-0.1, -0.05) is 11.6 Å². The number of amides is 1. The Bertz CT molecular complexity index is 426. The van der Waals surface area contributed by atoms with E-state index in [4.69, 9.17) is 22.6 Å². The maximum absolute atomic E-state index is 10.5. The van der Waals surface area contributed by atoms with Crippen LogP contribution in [0.1, 0.15) is 18.4 Å². The van der Waals surface area contributed by atoms with Gasteiger partial charge in [-0.15, -0.1) is 0 Å². The molecule has 0 fully saturated rings. The third-order valence-corrected chi connectivity index (χ3v) is 2.33. The summed E-state index contributed by atoms with van der Waals surface area (Å²) in [5.41, 5.74) is 6.29. The summed E-state index contributed by atoms with van der Waals surface area (Å²) in [5, 5.41) is 12.2. The Kier molecular flexibility index (Phi) is 4.62. The number of nitrogens with one attached hydrogen (secondary N) is 1. The van der Waals surface area contributed by atoms with Crippen LogP contribution in [0.3, 0.4) is 0 Å². The van der Waals surface area contributed by atoms with Gasteiger partial charge >= 0.3 is 0 Å². The van der Waals surface area contributed by atoms with E-state index in [2.05, 4.69) is 5.32 Å². The molecule has 0 saturated heterocycles. The second-order valence-corrected chi connectivity index (χ2v) is 3.71. The topological polar surface area (TPSA) is 78.9 Å². The molecule has 0 aliphatic rings. The largest absolute Gasteiger partial charge is 0.384 e. The van der Waals surface area contributed by atoms with Gasteiger partial charge in [0, 0.05) is 13.0 Å². The van der Waals surface area contributed by atoms with Gasteiger partial charge in [-0.25, -0.2) is 0 Å². The van der Waals surface area contributed by atoms with Crippen molar-refractivity contribution in [1.29, 1.82) is 5.26 Å². The molecule has 0 aliphatic heterocycles. The van der Waals surface area contributed by atoms with E-state index in [-0.39, 0.29) is 5.91 Å². The summed E-state index contributed by atoms with van der Waals surface area (Å²) in [6.07, 6.45) is 1.01. The summed E-state index contributed by atoms with van der Waals surface area (Å²) < 4.78 is 0. The Labute approximate surface area is 99.0 Å². The number of benzene rings is 1. The highest BCUT2D eigenvalue weighted by molar-refractivity contribution is 6.33. The molecule has 16 heavy (non-hydrogen) atoms. The maximum Gasteiger partial charge on any atom is 0.217 e. The number of hydrogen-bond acceptors (Lipinski definition) is 3. The molecule has 0 atom stereocenters. The van der Waals surface area contributed by atoms with Crippen molar-refractivity contribution in [3.05, 3.63) is 28.8 Å². The van der Waals surface area contributed by atoms with Crippen LogP contribution < -0.4 is 11.1 Å². The molecule has 1 aromatic rings. The number of rotatable bonds is 5. The lowest BCUT2D eigenvalue weighted by Gasteiger charge is -2.07. The zero-order valence-corrected chi connectivity index (χ0v) is 9.42. The monoisotopic (exact) mass is 237 g/mol. The Hall–Kier alpha value is -1.73. The first-order valence-corrected chi connectivity index (χ1v) is 5.23. The smallest absolute Gasteiger partial charge is 0.217 e. The molecule has 84 valence electrons. The first-order valence-electron chi connectivity index (χ1n) is 4.85. The fourth-order valence-corrected chi connectivity index (χ4v) is 1.46. The fourth-order valence-electron chi connectivity index (χ4n) is 1.21. The number of primary amides is 1. The Balaban J connectivity index is 2.49. The first-order chi connectivity index (χ1) is 7.63. The highest BCUT2D eigenvalue weighted by atomic mass is 35.5. The molecule has 4 nitrogen and oxygen atoms in total. The van der Waals surface area contributed by atoms with Gasteiger partial charge < -0.3 is 11.1 Å². The Morgan fingerprint density at radius 2 is 2.31 bits per heavy atom. The number of nitrogens with zero attached hydrogens (tertiary/aromatic N) is 1. The van der Waals surface area contributed by atoms with Crippen LogP contribution in [0.25, 0.3) is 0 Å². The minimum absolute atomic E-state index is 0.312. The van der Waals surface area contributed by atoms with Crippen molar-refractivity contribution in [3.63, 3.8) is 0 Å². The van der Waals surface area contributed by atoms with Crippen molar-refractivity contribution in [2.24, 2.45) is 5.73 Å². The summed E-state index contributed by atoms with van der Waals surface area (Å²) >= 11 is 5.94. The van der Waals surface area contributed by atoms with Gasteiger partial charge in [0.25, 0.3) is 0 Å². The van der Waals surface area contributed by atoms with E-state index in [0.717, 1.165) is 5.69 Å². The zero-order chi connectivity index (χ0) is 12.0. The van der Waals surface area contributed by atoms with Crippen molar-refractivity contribution in [2.75, 3.05) is 11.9 Å². The molecule has 1 amide bonds. The number of nitrogens with two attached hydrogens (primary N) is 1. The van der Waals surface area contributed by atoms with Crippen molar-refractivity contribution in [2.45, 2.75) is 12.8 Å². The van der Waals surface area contributed by atoms with E-state index in [1.165, 1.54) is 0 Å². The minimum Gasteiger partial charge on any atom is -0.384 e. The number of hydrogen-bond donors (Lipinski definition) is 2. The summed E-state index contributed by atoms with van der Waals surface area (Å²) in [5.74, 6) is -0.312. The molecule has 0 bridgehead atoms. The van der Waals surface area contributed by atoms with E-state index < -0.39 is 0 Å². The normalized spacial score (nSPS) is 9.50. The van der Waals surface area contributed by atoms with Crippen LogP contribution in [0.4, 0.5) is 5.69 Å². The van der Waals surface area contributed by atoms with Gasteiger partial charge in [-0.2, -0.15) is 5.26 Å². The lowest BCUT2D eigenvalue weighted by molar-refractivity contribution is -0.118. The number of carbonyl (C=O) groups excluding carboxylic acids is 1. The highest BCUT2D eigenvalue weighted by Gasteiger charge is 2.01. The molecule has 0 spiro atoms. The van der Waals surface area contributed by atoms with Crippen LogP contribution in [0, 0.1) is 11.3 Å². The van der Waals surface area contributed by atoms with Gasteiger partial charge in [0.1, 0.15) is 0 Å². The molecule has 0 saturated carbocycles. The summed E-state index contributed by atoms with van der Waals surface area (Å²) in [6, 6.07) is 7.02. The molecular weight excluding hydrogens is 226 g/mol. The van der Waals surface area contributed by atoms with Gasteiger partial charge in [0.2, 0.25) is 5.91 Å². The molecule has 5 heteroatoms. The quantitative estimate of drug-likeness (QED) is 0.768. The zero-order valence-electron chi connectivity index (χ0n) is 8.66. The average Bonchev–Trinajstić information content (AvgIpc) is 2.25. The van der Waals surface area contributed by atoms with Gasteiger partial charge in [0.15, 0.2) is 0 Å². The highest BCUT2D eigenvalue weighted by Crippen LogP contribution is 2.22. The van der Waals surface area contributed by atoms with Crippen LogP contribution in [-0.4, -0.2) is 12.5 Å². The predicted octanol–water partition coefficient (Wildman–Crippen LogP) is 1.89. The van der Waals surface area contributed by atoms with Crippen LogP contribution in [-0.2, 0) is 4.79 Å². The molecule has 1 aromatic carbocycles. The van der Waals surface area contributed by atoms with Crippen molar-refractivity contribution >= 4 is 23.2 Å². The van der Waals surface area contributed by atoms with Crippen molar-refractivity contribution in [3.8, 4) is 6.07 Å². The standard InChI is InChI=1S/C11H12ClN3O/c12-9-6-8(7-13)3-4-10(9)15-5-1-2-11(14)16/h3-4,6,15H,1-2,5H2,(H2,14,16). The summed E-state index contributed by atoms with van der Waals surface area (Å²) in [7, 11) is 0. The molecular formula is C11H12ClN3O. The molecule has 0 heterocycles. The average molecular weight is 238 g/mol. The number of anilines is 1.